The predicted molar refractivity (Wildman–Crippen MR) is 447 cm³/mol. The standard InChI is InChI=1S/C100H70BN3S/c1-100(2,3)78-60-85(69-38-18-8-19-39-69)98(86(61-78)70-40-20-9-21-41-70)104-94-62-79(102-90-46-26-22-42-81(90)82-43-23-27-47-91(82)102)50-51-88(94)101-89-59-76(75-54-71(65-30-10-4-11-31-65)52-72(55-75)66-32-12-5-13-33-66)58-87(77-56-73(67-34-14-6-15-35-67)53-74(57-77)68-36-16-7-17-37-68)99(89)105-96-64-80(63-95(104)97(96)101)103-92-48-28-24-44-83(92)84-45-25-29-49-93(84)103/h4-64H,1-3H3/i22D,23D,24D,25D,26D,27D,28D,29D,42D,43D,44D,45D,46D,47D,48D,49D. The Hall–Kier alpha value is -12.7. The average Bonchev–Trinajstić information content (AvgIpc) is 1.68. The molecule has 0 N–H and O–H groups in total. The van der Waals surface area contributed by atoms with E-state index in [9.17, 15) is 19.2 Å². The van der Waals surface area contributed by atoms with Crippen molar-refractivity contribution in [1.29, 1.82) is 0 Å². The van der Waals surface area contributed by atoms with Crippen LogP contribution in [-0.4, -0.2) is 15.8 Å². The van der Waals surface area contributed by atoms with E-state index in [1.165, 1.54) is 11.8 Å². The third kappa shape index (κ3) is 10.6. The second-order valence-electron chi connectivity index (χ2n) is 28.0. The normalized spacial score (nSPS) is 14.6. The van der Waals surface area contributed by atoms with E-state index < -0.39 is 109 Å². The maximum absolute atomic E-state index is 10.1. The summed E-state index contributed by atoms with van der Waals surface area (Å²) in [4.78, 5) is 3.72. The van der Waals surface area contributed by atoms with Gasteiger partial charge in [-0.2, -0.15) is 0 Å². The monoisotopic (exact) mass is 1370 g/mol. The Morgan fingerprint density at radius 1 is 0.305 bits per heavy atom. The highest BCUT2D eigenvalue weighted by molar-refractivity contribution is 8.00. The molecule has 0 fully saturated rings. The van der Waals surface area contributed by atoms with Crippen LogP contribution in [0.15, 0.2) is 379 Å². The lowest BCUT2D eigenvalue weighted by atomic mass is 9.34. The van der Waals surface area contributed by atoms with Crippen LogP contribution in [0.3, 0.4) is 0 Å². The lowest BCUT2D eigenvalue weighted by molar-refractivity contribution is 0.591. The van der Waals surface area contributed by atoms with Crippen molar-refractivity contribution >= 4 is 95.5 Å². The predicted octanol–water partition coefficient (Wildman–Crippen LogP) is 25.3. The number of hydrogen-bond acceptors (Lipinski definition) is 2. The Kier molecular flexibility index (Phi) is 11.4. The van der Waals surface area contributed by atoms with E-state index in [-0.39, 0.29) is 55.0 Å². The summed E-state index contributed by atoms with van der Waals surface area (Å²) in [5, 5.41) is -0.407. The number of rotatable bonds is 11. The molecule has 18 aromatic rings. The smallest absolute Gasteiger partial charge is 0.249 e. The third-order valence-corrected chi connectivity index (χ3v) is 21.9. The molecule has 16 aromatic carbocycles. The van der Waals surface area contributed by atoms with E-state index >= 15 is 0 Å². The van der Waals surface area contributed by atoms with Gasteiger partial charge in [-0.25, -0.2) is 0 Å². The van der Waals surface area contributed by atoms with Gasteiger partial charge in [0.15, 0.2) is 0 Å². The molecule has 3 nitrogen and oxygen atoms in total. The molecule has 5 heteroatoms. The Bertz CT molecular complexity index is 7140. The molecule has 0 saturated heterocycles. The van der Waals surface area contributed by atoms with Gasteiger partial charge in [-0.15, -0.1) is 0 Å². The second kappa shape index (κ2) is 25.1. The van der Waals surface area contributed by atoms with Gasteiger partial charge in [-0.3, -0.25) is 0 Å². The zero-order chi connectivity index (χ0) is 83.8. The molecule has 2 aromatic heterocycles. The van der Waals surface area contributed by atoms with Crippen molar-refractivity contribution in [3.8, 4) is 100 Å². The van der Waals surface area contributed by atoms with Gasteiger partial charge in [0.05, 0.1) is 49.7 Å². The zero-order valence-electron chi connectivity index (χ0n) is 73.3. The molecule has 2 aliphatic rings. The average molecular weight is 1370 g/mol. The summed E-state index contributed by atoms with van der Waals surface area (Å²) < 4.78 is 157. The summed E-state index contributed by atoms with van der Waals surface area (Å²) in [5.41, 5.74) is 19.3. The van der Waals surface area contributed by atoms with Crippen molar-refractivity contribution in [1.82, 2.24) is 9.13 Å². The summed E-state index contributed by atoms with van der Waals surface area (Å²) in [6.45, 7) is 5.71. The first-order valence-electron chi connectivity index (χ1n) is 43.2. The molecule has 2 aliphatic heterocycles. The van der Waals surface area contributed by atoms with Gasteiger partial charge >= 0.3 is 0 Å². The van der Waals surface area contributed by atoms with Gasteiger partial charge in [0.2, 0.25) is 6.71 Å². The summed E-state index contributed by atoms with van der Waals surface area (Å²) in [6.07, 6.45) is 0. The molecule has 20 rings (SSSR count). The Morgan fingerprint density at radius 3 is 1.09 bits per heavy atom. The molecule has 0 bridgehead atoms. The van der Waals surface area contributed by atoms with E-state index in [0.717, 1.165) is 116 Å². The van der Waals surface area contributed by atoms with Gasteiger partial charge in [-0.05, 0) is 203 Å². The van der Waals surface area contributed by atoms with Crippen molar-refractivity contribution in [3.63, 3.8) is 0 Å². The number of para-hydroxylation sites is 4. The lowest BCUT2D eigenvalue weighted by Crippen LogP contribution is -2.60. The summed E-state index contributed by atoms with van der Waals surface area (Å²) in [5.74, 6) is 0. The molecular weight excluding hydrogens is 1290 g/mol. The van der Waals surface area contributed by atoms with Crippen LogP contribution >= 0.6 is 11.8 Å². The summed E-state index contributed by atoms with van der Waals surface area (Å²) in [7, 11) is 0. The number of aromatic nitrogens is 2. The fourth-order valence-corrected chi connectivity index (χ4v) is 17.1. The molecule has 0 spiro atoms. The fourth-order valence-electron chi connectivity index (χ4n) is 15.8. The molecule has 0 unspecified atom stereocenters. The Balaban J connectivity index is 1.01. The van der Waals surface area contributed by atoms with Gasteiger partial charge in [0.1, 0.15) is 0 Å². The highest BCUT2D eigenvalue weighted by atomic mass is 32.2. The molecule has 0 atom stereocenters. The van der Waals surface area contributed by atoms with Crippen molar-refractivity contribution in [2.75, 3.05) is 4.90 Å². The molecule has 494 valence electrons. The Labute approximate surface area is 639 Å². The zero-order valence-corrected chi connectivity index (χ0v) is 58.1. The fraction of sp³-hybridized carbons (Fsp3) is 0.0400. The van der Waals surface area contributed by atoms with E-state index in [1.54, 1.807) is 9.13 Å². The van der Waals surface area contributed by atoms with E-state index in [1.807, 2.05) is 140 Å². The number of hydrogen-bond donors (Lipinski definition) is 0. The second-order valence-corrected chi connectivity index (χ2v) is 29.0. The number of nitrogens with zero attached hydrogens (tertiary/aromatic N) is 3. The van der Waals surface area contributed by atoms with Gasteiger partial charge in [0.25, 0.3) is 0 Å². The number of benzene rings is 16. The van der Waals surface area contributed by atoms with Crippen LogP contribution in [0.25, 0.3) is 144 Å². The van der Waals surface area contributed by atoms with Crippen molar-refractivity contribution in [2.24, 2.45) is 0 Å². The molecule has 4 heterocycles. The molecule has 0 radical (unpaired) electrons. The molecule has 0 saturated carbocycles. The first kappa shape index (κ1) is 47.5. The van der Waals surface area contributed by atoms with Gasteiger partial charge in [-0.1, -0.05) is 305 Å². The van der Waals surface area contributed by atoms with Crippen LogP contribution < -0.4 is 21.3 Å². The first-order chi connectivity index (χ1) is 58.3. The van der Waals surface area contributed by atoms with Gasteiger partial charge in [0, 0.05) is 65.2 Å². The van der Waals surface area contributed by atoms with E-state index in [4.69, 9.17) is 2.74 Å². The van der Waals surface area contributed by atoms with Crippen LogP contribution in [-0.2, 0) is 5.41 Å². The van der Waals surface area contributed by atoms with Crippen LogP contribution in [0.4, 0.5) is 17.1 Å². The first-order valence-corrected chi connectivity index (χ1v) is 36.0. The topological polar surface area (TPSA) is 13.1 Å². The van der Waals surface area contributed by atoms with Crippen LogP contribution in [0.1, 0.15) is 48.3 Å². The summed E-state index contributed by atoms with van der Waals surface area (Å²) >= 11 is 1.53. The lowest BCUT2D eigenvalue weighted by Gasteiger charge is -2.43. The quantitative estimate of drug-likeness (QED) is 0.120. The van der Waals surface area contributed by atoms with Crippen molar-refractivity contribution in [2.45, 2.75) is 36.0 Å². The highest BCUT2D eigenvalue weighted by Crippen LogP contribution is 2.54. The Morgan fingerprint density at radius 2 is 0.667 bits per heavy atom. The third-order valence-electron chi connectivity index (χ3n) is 20.7. The van der Waals surface area contributed by atoms with E-state index in [0.29, 0.717) is 22.0 Å². The van der Waals surface area contributed by atoms with Crippen LogP contribution in [0.5, 0.6) is 0 Å². The van der Waals surface area contributed by atoms with E-state index in [2.05, 4.69) is 159 Å². The molecule has 0 aliphatic carbocycles. The molecule has 0 amide bonds. The maximum Gasteiger partial charge on any atom is 0.249 e. The highest BCUT2D eigenvalue weighted by Gasteiger charge is 2.44. The van der Waals surface area contributed by atoms with Crippen molar-refractivity contribution < 1.29 is 21.9 Å². The SMILES string of the molecule is [2H]c1c([2H])c([2H])c2c(c1[2H])c1c([2H])c([2H])c([2H])c([2H])c1n2-c1ccc2c(c1)N(c1c(-c3ccccc3)cc(C(C)(C)C)cc1-c1ccccc1)c1cc(-n3c4c([2H])c([2H])c([2H])c([2H])c4c4c([2H])c([2H])c([2H])c([2H])c43)cc3c1B2c1cc(-c2cc(-c4ccccc4)cc(-c4ccccc4)c2)cc(-c2cc(-c4ccccc4)cc(-c4ccccc4)c2)c1S3. The molecular formula is C100H70BN3S. The number of fused-ring (bicyclic) bond motifs is 10. The van der Waals surface area contributed by atoms with Crippen LogP contribution in [0.2, 0.25) is 0 Å². The minimum absolute atomic E-state index is 0.0841. The molecule has 105 heavy (non-hydrogen) atoms. The summed E-state index contributed by atoms with van der Waals surface area (Å²) in [6, 6.07) is 85.0. The van der Waals surface area contributed by atoms with Crippen molar-refractivity contribution in [3.05, 3.63) is 375 Å². The van der Waals surface area contributed by atoms with Crippen LogP contribution in [0, 0.1) is 0 Å². The minimum atomic E-state index is -0.791. The van der Waals surface area contributed by atoms with Gasteiger partial charge < -0.3 is 14.0 Å². The maximum atomic E-state index is 10.1. The minimum Gasteiger partial charge on any atom is -0.310 e. The largest absolute Gasteiger partial charge is 0.310 e. The number of anilines is 3.